The first-order valence-electron chi connectivity index (χ1n) is 11.6. The molecule has 0 amide bonds. The standard InChI is InChI=1S/C30H34O3Si/c1-6-21-34(22-7-2,23-8-3)29(9-4)33-30(32)26-19-17-25(18-20-26)14-10-11-15-27-24(5)13-12-16-28(27)31/h6-9,11,15,17-20,29H,1-4,12-13,16,21-23H2,5H3/b15-11+. The zero-order chi connectivity index (χ0) is 25.0. The average Bonchev–Trinajstić information content (AvgIpc) is 2.82. The number of hydrogen-bond acceptors (Lipinski definition) is 3. The lowest BCUT2D eigenvalue weighted by atomic mass is 9.91. The number of carbonyl (C=O) groups is 2. The van der Waals surface area contributed by atoms with E-state index in [-0.39, 0.29) is 11.5 Å². The van der Waals surface area contributed by atoms with E-state index in [2.05, 4.69) is 38.2 Å². The van der Waals surface area contributed by atoms with Gasteiger partial charge in [-0.2, -0.15) is 0 Å². The smallest absolute Gasteiger partial charge is 0.338 e. The maximum Gasteiger partial charge on any atom is 0.338 e. The molecule has 3 nitrogen and oxygen atoms in total. The Hall–Kier alpha value is -3.42. The number of carbonyl (C=O) groups excluding carboxylic acids is 2. The Kier molecular flexibility index (Phi) is 10.5. The third kappa shape index (κ3) is 7.04. The molecule has 1 atom stereocenters. The van der Waals surface area contributed by atoms with Gasteiger partial charge in [0.2, 0.25) is 0 Å². The summed E-state index contributed by atoms with van der Waals surface area (Å²) in [7, 11) is -2.15. The van der Waals surface area contributed by atoms with E-state index < -0.39 is 14.0 Å². The third-order valence-corrected chi connectivity index (χ3v) is 11.0. The molecule has 2 rings (SSSR count). The number of esters is 1. The second-order valence-electron chi connectivity index (χ2n) is 8.55. The van der Waals surface area contributed by atoms with Crippen LogP contribution in [0.15, 0.2) is 98.2 Å². The van der Waals surface area contributed by atoms with Gasteiger partial charge in [0.25, 0.3) is 0 Å². The Balaban J connectivity index is 2.12. The number of benzene rings is 1. The third-order valence-electron chi connectivity index (χ3n) is 6.09. The molecule has 1 aromatic rings. The predicted molar refractivity (Wildman–Crippen MR) is 144 cm³/mol. The molecule has 1 aliphatic carbocycles. The van der Waals surface area contributed by atoms with Gasteiger partial charge in [-0.15, -0.1) is 19.7 Å². The van der Waals surface area contributed by atoms with E-state index in [9.17, 15) is 9.59 Å². The van der Waals surface area contributed by atoms with Crippen molar-refractivity contribution in [1.82, 2.24) is 0 Å². The molecule has 4 heteroatoms. The van der Waals surface area contributed by atoms with Gasteiger partial charge in [-0.25, -0.2) is 4.79 Å². The van der Waals surface area contributed by atoms with Crippen LogP contribution in [0.25, 0.3) is 0 Å². The van der Waals surface area contributed by atoms with Crippen molar-refractivity contribution < 1.29 is 14.3 Å². The molecule has 0 bridgehead atoms. The summed E-state index contributed by atoms with van der Waals surface area (Å²) in [4.78, 5) is 24.9. The predicted octanol–water partition coefficient (Wildman–Crippen LogP) is 6.92. The van der Waals surface area contributed by atoms with Gasteiger partial charge in [0.1, 0.15) is 13.8 Å². The summed E-state index contributed by atoms with van der Waals surface area (Å²) in [6.07, 6.45) is 13.4. The van der Waals surface area contributed by atoms with Crippen LogP contribution in [0.3, 0.4) is 0 Å². The molecule has 176 valence electrons. The number of ketones is 1. The highest BCUT2D eigenvalue weighted by molar-refractivity contribution is 6.82. The summed E-state index contributed by atoms with van der Waals surface area (Å²) in [6.45, 7) is 17.6. The first kappa shape index (κ1) is 26.8. The van der Waals surface area contributed by atoms with Gasteiger partial charge in [-0.3, -0.25) is 4.79 Å². The molecule has 34 heavy (non-hydrogen) atoms. The van der Waals surface area contributed by atoms with E-state index in [1.54, 1.807) is 42.5 Å². The minimum absolute atomic E-state index is 0.184. The summed E-state index contributed by atoms with van der Waals surface area (Å²) in [5, 5.41) is 0. The van der Waals surface area contributed by atoms with Gasteiger partial charge in [0.05, 0.1) is 5.56 Å². The van der Waals surface area contributed by atoms with Crippen LogP contribution in [0.5, 0.6) is 0 Å². The monoisotopic (exact) mass is 470 g/mol. The van der Waals surface area contributed by atoms with Gasteiger partial charge >= 0.3 is 5.97 Å². The van der Waals surface area contributed by atoms with Crippen LogP contribution in [0.1, 0.15) is 42.1 Å². The molecule has 1 unspecified atom stereocenters. The molecule has 1 aromatic carbocycles. The van der Waals surface area contributed by atoms with Crippen LogP contribution >= 0.6 is 0 Å². The molecular formula is C30H34O3Si. The number of hydrogen-bond donors (Lipinski definition) is 0. The van der Waals surface area contributed by atoms with Gasteiger partial charge in [-0.05, 0) is 74.3 Å². The van der Waals surface area contributed by atoms with Crippen molar-refractivity contribution in [2.45, 2.75) is 50.0 Å². The summed E-state index contributed by atoms with van der Waals surface area (Å²) < 4.78 is 5.91. The Morgan fingerprint density at radius 3 is 2.21 bits per heavy atom. The molecule has 0 aliphatic heterocycles. The van der Waals surface area contributed by atoms with Gasteiger partial charge in [0.15, 0.2) is 5.78 Å². The first-order valence-corrected chi connectivity index (χ1v) is 14.3. The van der Waals surface area contributed by atoms with Crippen molar-refractivity contribution >= 4 is 19.8 Å². The normalized spacial score (nSPS) is 14.7. The SMILES string of the molecule is C=CC[Si](CC=C)(CC=C)C(C=C)OC(=O)c1ccc(C#C/C=C/C2=C(C)CCCC2=O)cc1. The van der Waals surface area contributed by atoms with Crippen LogP contribution in [0.2, 0.25) is 18.1 Å². The van der Waals surface area contributed by atoms with Crippen LogP contribution in [-0.2, 0) is 9.53 Å². The van der Waals surface area contributed by atoms with Crippen LogP contribution in [-0.4, -0.2) is 25.6 Å². The number of ether oxygens (including phenoxy) is 1. The Morgan fingerprint density at radius 1 is 1.06 bits per heavy atom. The van der Waals surface area contributed by atoms with Gasteiger partial charge in [-0.1, -0.05) is 48.3 Å². The molecule has 0 N–H and O–H groups in total. The largest absolute Gasteiger partial charge is 0.459 e. The van der Waals surface area contributed by atoms with Crippen molar-refractivity contribution in [2.75, 3.05) is 0 Å². The lowest BCUT2D eigenvalue weighted by Crippen LogP contribution is -2.47. The minimum atomic E-state index is -2.15. The van der Waals surface area contributed by atoms with Crippen molar-refractivity contribution in [2.24, 2.45) is 0 Å². The zero-order valence-corrected chi connectivity index (χ0v) is 21.1. The highest BCUT2D eigenvalue weighted by atomic mass is 28.3. The maximum atomic E-state index is 12.9. The molecule has 0 aromatic heterocycles. The lowest BCUT2D eigenvalue weighted by molar-refractivity contribution is -0.115. The maximum absolute atomic E-state index is 12.9. The second-order valence-corrected chi connectivity index (χ2v) is 13.1. The minimum Gasteiger partial charge on any atom is -0.459 e. The molecule has 0 saturated heterocycles. The molecule has 0 radical (unpaired) electrons. The highest BCUT2D eigenvalue weighted by Gasteiger charge is 2.39. The summed E-state index contributed by atoms with van der Waals surface area (Å²) >= 11 is 0. The molecule has 0 heterocycles. The van der Waals surface area contributed by atoms with Crippen molar-refractivity contribution in [3.05, 3.63) is 109 Å². The Bertz CT molecular complexity index is 1030. The van der Waals surface area contributed by atoms with Crippen LogP contribution < -0.4 is 0 Å². The van der Waals surface area contributed by atoms with Gasteiger partial charge in [0, 0.05) is 17.6 Å². The average molecular weight is 471 g/mol. The fourth-order valence-corrected chi connectivity index (χ4v) is 8.04. The van der Waals surface area contributed by atoms with Crippen LogP contribution in [0.4, 0.5) is 0 Å². The van der Waals surface area contributed by atoms with E-state index in [1.165, 1.54) is 0 Å². The van der Waals surface area contributed by atoms with Crippen LogP contribution in [0, 0.1) is 11.8 Å². The van der Waals surface area contributed by atoms with Crippen molar-refractivity contribution in [1.29, 1.82) is 0 Å². The number of allylic oxidation sites excluding steroid dienone is 7. The fourth-order valence-electron chi connectivity index (χ4n) is 4.26. The fraction of sp³-hybridized carbons (Fsp3) is 0.267. The zero-order valence-electron chi connectivity index (χ0n) is 20.1. The van der Waals surface area contributed by atoms with E-state index in [0.29, 0.717) is 12.0 Å². The molecule has 1 aliphatic rings. The highest BCUT2D eigenvalue weighted by Crippen LogP contribution is 2.30. The van der Waals surface area contributed by atoms with Crippen molar-refractivity contribution in [3.8, 4) is 11.8 Å². The summed E-state index contributed by atoms with van der Waals surface area (Å²) in [5.74, 6) is 5.81. The van der Waals surface area contributed by atoms with Gasteiger partial charge < -0.3 is 4.74 Å². The molecule has 0 spiro atoms. The molecule has 0 fully saturated rings. The topological polar surface area (TPSA) is 43.4 Å². The van der Waals surface area contributed by atoms with E-state index in [0.717, 1.165) is 47.7 Å². The summed E-state index contributed by atoms with van der Waals surface area (Å²) in [5.41, 5.74) is 2.76. The first-order chi connectivity index (χ1) is 16.4. The Labute approximate surface area is 205 Å². The molecular weight excluding hydrogens is 436 g/mol. The quantitative estimate of drug-likeness (QED) is 0.153. The number of rotatable bonds is 11. The molecule has 0 saturated carbocycles. The van der Waals surface area contributed by atoms with E-state index in [4.69, 9.17) is 4.74 Å². The summed E-state index contributed by atoms with van der Waals surface area (Å²) in [6, 6.07) is 9.34. The van der Waals surface area contributed by atoms with E-state index >= 15 is 0 Å². The van der Waals surface area contributed by atoms with E-state index in [1.807, 2.05) is 25.2 Å². The number of Topliss-reactive ketones (excluding diaryl/α,β-unsaturated/α-hetero) is 1. The second kappa shape index (κ2) is 13.3. The van der Waals surface area contributed by atoms with Crippen molar-refractivity contribution in [3.63, 3.8) is 0 Å². The Morgan fingerprint density at radius 2 is 1.68 bits per heavy atom. The lowest BCUT2D eigenvalue weighted by Gasteiger charge is -2.34.